The molecule has 4 aromatic rings. The summed E-state index contributed by atoms with van der Waals surface area (Å²) in [5, 5.41) is 7.49. The van der Waals surface area contributed by atoms with Crippen molar-refractivity contribution in [3.05, 3.63) is 60.4 Å². The van der Waals surface area contributed by atoms with Crippen molar-refractivity contribution in [3.8, 4) is 22.7 Å². The Labute approximate surface area is 197 Å². The van der Waals surface area contributed by atoms with E-state index in [9.17, 15) is 0 Å². The monoisotopic (exact) mass is 458 g/mol. The lowest BCUT2D eigenvalue weighted by atomic mass is 9.77. The first-order valence-corrected chi connectivity index (χ1v) is 11.2. The van der Waals surface area contributed by atoms with Gasteiger partial charge < -0.3 is 20.3 Å². The minimum atomic E-state index is -0.368. The lowest BCUT2D eigenvalue weighted by molar-refractivity contribution is 0.210. The van der Waals surface area contributed by atoms with Crippen molar-refractivity contribution in [1.82, 2.24) is 30.1 Å². The molecule has 5 rings (SSSR count). The normalized spacial score (nSPS) is 15.1. The SMILES string of the molecule is COCCNc1cnc(-c2nc(C(C)(c3ccc(-c4cnc(N)nc4)cc3)C3CC3)no2)cn1. The molecule has 1 fully saturated rings. The molecule has 0 radical (unpaired) electrons. The average molecular weight is 459 g/mol. The fourth-order valence-electron chi connectivity index (χ4n) is 4.05. The standard InChI is InChI=1S/C24H26N8O2/c1-24(18-7-8-18,17-5-3-15(4-6-17)16-11-29-23(25)30-12-16)22-31-21(34-32-22)19-13-28-20(14-27-19)26-9-10-33-2/h3-6,11-14,18H,7-10H2,1-2H3,(H,26,28)(H2,25,29,30). The smallest absolute Gasteiger partial charge is 0.278 e. The Morgan fingerprint density at radius 1 is 1.03 bits per heavy atom. The highest BCUT2D eigenvalue weighted by Crippen LogP contribution is 2.50. The minimum Gasteiger partial charge on any atom is -0.383 e. The van der Waals surface area contributed by atoms with Crippen LogP contribution < -0.4 is 11.1 Å². The second-order valence-corrected chi connectivity index (χ2v) is 8.51. The first kappa shape index (κ1) is 21.9. The van der Waals surface area contributed by atoms with Crippen molar-refractivity contribution >= 4 is 11.8 Å². The van der Waals surface area contributed by atoms with Crippen LogP contribution in [0.25, 0.3) is 22.7 Å². The number of benzene rings is 1. The van der Waals surface area contributed by atoms with E-state index in [-0.39, 0.29) is 11.4 Å². The first-order valence-electron chi connectivity index (χ1n) is 11.2. The van der Waals surface area contributed by atoms with E-state index in [1.165, 1.54) is 0 Å². The van der Waals surface area contributed by atoms with Crippen LogP contribution in [-0.2, 0) is 10.2 Å². The zero-order valence-electron chi connectivity index (χ0n) is 19.1. The zero-order chi connectivity index (χ0) is 23.5. The highest BCUT2D eigenvalue weighted by atomic mass is 16.5. The van der Waals surface area contributed by atoms with Crippen molar-refractivity contribution < 1.29 is 9.26 Å². The van der Waals surface area contributed by atoms with E-state index in [2.05, 4.69) is 61.6 Å². The molecule has 0 saturated heterocycles. The number of ether oxygens (including phenoxy) is 1. The molecule has 1 aliphatic carbocycles. The van der Waals surface area contributed by atoms with Crippen molar-refractivity contribution in [2.45, 2.75) is 25.2 Å². The van der Waals surface area contributed by atoms with Crippen LogP contribution >= 0.6 is 0 Å². The Morgan fingerprint density at radius 3 is 2.44 bits per heavy atom. The van der Waals surface area contributed by atoms with Gasteiger partial charge in [-0.3, -0.25) is 0 Å². The summed E-state index contributed by atoms with van der Waals surface area (Å²) in [5.74, 6) is 2.37. The predicted octanol–water partition coefficient (Wildman–Crippen LogP) is 3.34. The molecule has 0 spiro atoms. The molecule has 34 heavy (non-hydrogen) atoms. The molecule has 174 valence electrons. The second kappa shape index (κ2) is 9.14. The lowest BCUT2D eigenvalue weighted by Crippen LogP contribution is -2.28. The van der Waals surface area contributed by atoms with E-state index < -0.39 is 0 Å². The third-order valence-electron chi connectivity index (χ3n) is 6.26. The van der Waals surface area contributed by atoms with Crippen molar-refractivity contribution in [1.29, 1.82) is 0 Å². The van der Waals surface area contributed by atoms with E-state index in [1.807, 2.05) is 0 Å². The van der Waals surface area contributed by atoms with Gasteiger partial charge in [-0.15, -0.1) is 0 Å². The van der Waals surface area contributed by atoms with Gasteiger partial charge in [-0.1, -0.05) is 29.4 Å². The average Bonchev–Trinajstić information content (AvgIpc) is 3.62. The van der Waals surface area contributed by atoms with Crippen LogP contribution in [0, 0.1) is 5.92 Å². The molecule has 1 aliphatic rings. The minimum absolute atomic E-state index is 0.260. The van der Waals surface area contributed by atoms with Gasteiger partial charge in [0.25, 0.3) is 5.89 Å². The molecule has 0 bridgehead atoms. The van der Waals surface area contributed by atoms with Crippen molar-refractivity contribution in [2.75, 3.05) is 31.3 Å². The molecule has 10 heteroatoms. The van der Waals surface area contributed by atoms with Crippen molar-refractivity contribution in [2.24, 2.45) is 5.92 Å². The van der Waals surface area contributed by atoms with Gasteiger partial charge in [0.15, 0.2) is 5.82 Å². The van der Waals surface area contributed by atoms with Crippen molar-refractivity contribution in [3.63, 3.8) is 0 Å². The molecule has 1 aromatic carbocycles. The van der Waals surface area contributed by atoms with Gasteiger partial charge in [-0.25, -0.2) is 19.9 Å². The summed E-state index contributed by atoms with van der Waals surface area (Å²) < 4.78 is 10.6. The van der Waals surface area contributed by atoms with Crippen LogP contribution in [0.2, 0.25) is 0 Å². The number of aromatic nitrogens is 6. The Kier molecular flexibility index (Phi) is 5.89. The highest BCUT2D eigenvalue weighted by Gasteiger charge is 2.47. The number of rotatable bonds is 9. The molecule has 3 N–H and O–H groups in total. The number of hydrogen-bond acceptors (Lipinski definition) is 10. The maximum absolute atomic E-state index is 5.61. The number of nitrogens with zero attached hydrogens (tertiary/aromatic N) is 6. The maximum atomic E-state index is 5.61. The summed E-state index contributed by atoms with van der Waals surface area (Å²) in [4.78, 5) is 21.7. The molecule has 1 atom stereocenters. The summed E-state index contributed by atoms with van der Waals surface area (Å²) in [7, 11) is 1.65. The molecule has 0 amide bonds. The largest absolute Gasteiger partial charge is 0.383 e. The molecule has 3 heterocycles. The lowest BCUT2D eigenvalue weighted by Gasteiger charge is -2.27. The summed E-state index contributed by atoms with van der Waals surface area (Å²) in [6.07, 6.45) is 8.97. The third kappa shape index (κ3) is 4.32. The Balaban J connectivity index is 1.39. The second-order valence-electron chi connectivity index (χ2n) is 8.51. The van der Waals surface area contributed by atoms with Gasteiger partial charge >= 0.3 is 0 Å². The van der Waals surface area contributed by atoms with Crippen LogP contribution in [-0.4, -0.2) is 50.3 Å². The van der Waals surface area contributed by atoms with Crippen LogP contribution in [0.3, 0.4) is 0 Å². The summed E-state index contributed by atoms with van der Waals surface area (Å²) in [5.41, 5.74) is 8.83. The zero-order valence-corrected chi connectivity index (χ0v) is 19.1. The molecular weight excluding hydrogens is 432 g/mol. The molecule has 0 aliphatic heterocycles. The topological polar surface area (TPSA) is 138 Å². The number of anilines is 2. The fraction of sp³-hybridized carbons (Fsp3) is 0.333. The van der Waals surface area contributed by atoms with Crippen LogP contribution in [0.1, 0.15) is 31.2 Å². The van der Waals surface area contributed by atoms with E-state index in [1.54, 1.807) is 31.9 Å². The van der Waals surface area contributed by atoms with E-state index in [0.717, 1.165) is 29.5 Å². The van der Waals surface area contributed by atoms with Crippen LogP contribution in [0.15, 0.2) is 53.6 Å². The van der Waals surface area contributed by atoms with Crippen LogP contribution in [0.5, 0.6) is 0 Å². The highest BCUT2D eigenvalue weighted by molar-refractivity contribution is 5.63. The van der Waals surface area contributed by atoms with Gasteiger partial charge in [0.2, 0.25) is 5.95 Å². The Morgan fingerprint density at radius 2 is 1.79 bits per heavy atom. The van der Waals surface area contributed by atoms with E-state index in [0.29, 0.717) is 42.3 Å². The molecule has 3 aromatic heterocycles. The van der Waals surface area contributed by atoms with Crippen LogP contribution in [0.4, 0.5) is 11.8 Å². The molecule has 1 unspecified atom stereocenters. The number of hydrogen-bond donors (Lipinski definition) is 2. The first-order chi connectivity index (χ1) is 16.6. The molecule has 1 saturated carbocycles. The number of nitrogens with one attached hydrogen (secondary N) is 1. The van der Waals surface area contributed by atoms with Gasteiger partial charge in [0.1, 0.15) is 11.5 Å². The quantitative estimate of drug-likeness (QED) is 0.359. The Bertz CT molecular complexity index is 1240. The van der Waals surface area contributed by atoms with Gasteiger partial charge in [0.05, 0.1) is 24.4 Å². The predicted molar refractivity (Wildman–Crippen MR) is 127 cm³/mol. The summed E-state index contributed by atoms with van der Waals surface area (Å²) >= 11 is 0. The Hall–Kier alpha value is -3.92. The number of methoxy groups -OCH3 is 1. The summed E-state index contributed by atoms with van der Waals surface area (Å²) in [6, 6.07) is 8.35. The van der Waals surface area contributed by atoms with E-state index in [4.69, 9.17) is 20.0 Å². The number of nitrogens with two attached hydrogens (primary N) is 1. The van der Waals surface area contributed by atoms with Gasteiger partial charge in [-0.05, 0) is 36.8 Å². The third-order valence-corrected chi connectivity index (χ3v) is 6.26. The van der Waals surface area contributed by atoms with E-state index >= 15 is 0 Å². The molecule has 10 nitrogen and oxygen atoms in total. The van der Waals surface area contributed by atoms with Gasteiger partial charge in [0, 0.05) is 31.6 Å². The molecular formula is C24H26N8O2. The number of nitrogen functional groups attached to an aromatic ring is 1. The van der Waals surface area contributed by atoms with Gasteiger partial charge in [-0.2, -0.15) is 4.98 Å². The fourth-order valence-corrected chi connectivity index (χ4v) is 4.05. The summed E-state index contributed by atoms with van der Waals surface area (Å²) in [6.45, 7) is 3.42. The maximum Gasteiger partial charge on any atom is 0.278 e.